The van der Waals surface area contributed by atoms with Crippen molar-refractivity contribution in [2.45, 2.75) is 33.3 Å². The van der Waals surface area contributed by atoms with Gasteiger partial charge >= 0.3 is 0 Å². The van der Waals surface area contributed by atoms with Gasteiger partial charge in [0.2, 0.25) is 0 Å². The standard InChI is InChI=1S/C13H18N2OS/c1-8(2)6-9(3)16-10-4-5-11-13(12(10)14)15-7-17-11/h4-5,7-9H,6,14H2,1-3H3. The molecule has 0 saturated heterocycles. The minimum atomic E-state index is 0.174. The number of hydrogen-bond donors (Lipinski definition) is 1. The predicted octanol–water partition coefficient (Wildman–Crippen LogP) is 3.69. The van der Waals surface area contributed by atoms with E-state index in [9.17, 15) is 0 Å². The molecule has 4 heteroatoms. The Labute approximate surface area is 106 Å². The van der Waals surface area contributed by atoms with Gasteiger partial charge in [0, 0.05) is 0 Å². The van der Waals surface area contributed by atoms with Crippen molar-refractivity contribution in [3.8, 4) is 5.75 Å². The molecule has 3 nitrogen and oxygen atoms in total. The van der Waals surface area contributed by atoms with Gasteiger partial charge in [-0.05, 0) is 31.4 Å². The highest BCUT2D eigenvalue weighted by Crippen LogP contribution is 2.32. The van der Waals surface area contributed by atoms with Crippen molar-refractivity contribution >= 4 is 27.2 Å². The molecule has 0 aliphatic heterocycles. The Morgan fingerprint density at radius 1 is 1.35 bits per heavy atom. The summed E-state index contributed by atoms with van der Waals surface area (Å²) in [7, 11) is 0. The Morgan fingerprint density at radius 3 is 2.82 bits per heavy atom. The van der Waals surface area contributed by atoms with E-state index < -0.39 is 0 Å². The molecule has 17 heavy (non-hydrogen) atoms. The third kappa shape index (κ3) is 2.69. The van der Waals surface area contributed by atoms with Gasteiger partial charge in [-0.3, -0.25) is 0 Å². The lowest BCUT2D eigenvalue weighted by Crippen LogP contribution is -2.15. The zero-order valence-electron chi connectivity index (χ0n) is 10.4. The fraction of sp³-hybridized carbons (Fsp3) is 0.462. The lowest BCUT2D eigenvalue weighted by molar-refractivity contribution is 0.194. The van der Waals surface area contributed by atoms with Gasteiger partial charge in [-0.1, -0.05) is 13.8 Å². The Bertz CT molecular complexity index is 507. The summed E-state index contributed by atoms with van der Waals surface area (Å²) in [5, 5.41) is 0. The average molecular weight is 250 g/mol. The van der Waals surface area contributed by atoms with Crippen molar-refractivity contribution < 1.29 is 4.74 Å². The second-order valence-electron chi connectivity index (χ2n) is 4.73. The second-order valence-corrected chi connectivity index (χ2v) is 5.62. The molecule has 92 valence electrons. The summed E-state index contributed by atoms with van der Waals surface area (Å²) < 4.78 is 6.98. The van der Waals surface area contributed by atoms with Gasteiger partial charge in [0.05, 0.1) is 16.3 Å². The minimum absolute atomic E-state index is 0.174. The number of anilines is 1. The fourth-order valence-electron chi connectivity index (χ4n) is 1.97. The molecule has 0 amide bonds. The first kappa shape index (κ1) is 12.2. The molecule has 1 aromatic carbocycles. The van der Waals surface area contributed by atoms with E-state index in [1.165, 1.54) is 0 Å². The number of thiazole rings is 1. The van der Waals surface area contributed by atoms with Crippen molar-refractivity contribution in [1.29, 1.82) is 0 Å². The van der Waals surface area contributed by atoms with Gasteiger partial charge in [-0.25, -0.2) is 4.98 Å². The number of nitrogens with zero attached hydrogens (tertiary/aromatic N) is 1. The van der Waals surface area contributed by atoms with Crippen molar-refractivity contribution in [2.24, 2.45) is 5.92 Å². The normalized spacial score (nSPS) is 13.2. The molecule has 2 N–H and O–H groups in total. The highest BCUT2D eigenvalue weighted by atomic mass is 32.1. The molecule has 0 bridgehead atoms. The summed E-state index contributed by atoms with van der Waals surface area (Å²) in [5.74, 6) is 1.37. The molecule has 0 spiro atoms. The van der Waals surface area contributed by atoms with Crippen LogP contribution in [0, 0.1) is 5.92 Å². The van der Waals surface area contributed by atoms with Crippen molar-refractivity contribution in [1.82, 2.24) is 4.98 Å². The molecule has 0 aliphatic rings. The molecule has 1 aromatic heterocycles. The van der Waals surface area contributed by atoms with E-state index in [1.54, 1.807) is 11.3 Å². The van der Waals surface area contributed by atoms with E-state index in [1.807, 2.05) is 17.6 Å². The Kier molecular flexibility index (Phi) is 3.52. The smallest absolute Gasteiger partial charge is 0.144 e. The fourth-order valence-corrected chi connectivity index (χ4v) is 2.66. The van der Waals surface area contributed by atoms with Crippen LogP contribution in [-0.4, -0.2) is 11.1 Å². The number of aromatic nitrogens is 1. The third-order valence-electron chi connectivity index (χ3n) is 2.63. The van der Waals surface area contributed by atoms with E-state index in [-0.39, 0.29) is 6.10 Å². The quantitative estimate of drug-likeness (QED) is 0.842. The molecule has 2 rings (SSSR count). The molecule has 0 aliphatic carbocycles. The summed E-state index contributed by atoms with van der Waals surface area (Å²) in [4.78, 5) is 4.26. The largest absolute Gasteiger partial charge is 0.488 e. The summed E-state index contributed by atoms with van der Waals surface area (Å²) in [6.07, 6.45) is 1.20. The van der Waals surface area contributed by atoms with Crippen LogP contribution in [-0.2, 0) is 0 Å². The molecule has 1 atom stereocenters. The predicted molar refractivity (Wildman–Crippen MR) is 73.6 cm³/mol. The molecule has 0 radical (unpaired) electrons. The number of fused-ring (bicyclic) bond motifs is 1. The number of hydrogen-bond acceptors (Lipinski definition) is 4. The first-order valence-electron chi connectivity index (χ1n) is 5.86. The van der Waals surface area contributed by atoms with E-state index in [2.05, 4.69) is 25.8 Å². The summed E-state index contributed by atoms with van der Waals surface area (Å²) >= 11 is 1.59. The highest BCUT2D eigenvalue weighted by molar-refractivity contribution is 7.16. The van der Waals surface area contributed by atoms with Gasteiger partial charge in [-0.15, -0.1) is 11.3 Å². The number of rotatable bonds is 4. The number of benzene rings is 1. The zero-order chi connectivity index (χ0) is 12.4. The van der Waals surface area contributed by atoms with Crippen LogP contribution in [0.4, 0.5) is 5.69 Å². The number of nitrogens with two attached hydrogens (primary N) is 1. The van der Waals surface area contributed by atoms with E-state index in [0.717, 1.165) is 22.4 Å². The topological polar surface area (TPSA) is 48.1 Å². The van der Waals surface area contributed by atoms with Crippen LogP contribution in [0.3, 0.4) is 0 Å². The third-order valence-corrected chi connectivity index (χ3v) is 3.43. The SMILES string of the molecule is CC(C)CC(C)Oc1ccc2scnc2c1N. The highest BCUT2D eigenvalue weighted by Gasteiger charge is 2.12. The average Bonchev–Trinajstić information content (AvgIpc) is 2.69. The molecule has 0 saturated carbocycles. The summed E-state index contributed by atoms with van der Waals surface area (Å²) in [6, 6.07) is 3.95. The van der Waals surface area contributed by atoms with Gasteiger partial charge in [0.15, 0.2) is 0 Å². The maximum atomic E-state index is 6.06. The van der Waals surface area contributed by atoms with Crippen LogP contribution >= 0.6 is 11.3 Å². The van der Waals surface area contributed by atoms with E-state index in [0.29, 0.717) is 11.6 Å². The summed E-state index contributed by atoms with van der Waals surface area (Å²) in [6.45, 7) is 6.45. The van der Waals surface area contributed by atoms with E-state index in [4.69, 9.17) is 10.5 Å². The van der Waals surface area contributed by atoms with Gasteiger partial charge in [-0.2, -0.15) is 0 Å². The Morgan fingerprint density at radius 2 is 2.12 bits per heavy atom. The Balaban J connectivity index is 2.21. The van der Waals surface area contributed by atoms with Crippen molar-refractivity contribution in [3.05, 3.63) is 17.6 Å². The summed E-state index contributed by atoms with van der Waals surface area (Å²) in [5.41, 5.74) is 9.37. The van der Waals surface area contributed by atoms with Crippen LogP contribution in [0.25, 0.3) is 10.2 Å². The number of ether oxygens (including phenoxy) is 1. The van der Waals surface area contributed by atoms with Crippen molar-refractivity contribution in [3.63, 3.8) is 0 Å². The zero-order valence-corrected chi connectivity index (χ0v) is 11.3. The molecular weight excluding hydrogens is 232 g/mol. The van der Waals surface area contributed by atoms with E-state index >= 15 is 0 Å². The first-order chi connectivity index (χ1) is 8.08. The second kappa shape index (κ2) is 4.92. The van der Waals surface area contributed by atoms with Gasteiger partial charge < -0.3 is 10.5 Å². The van der Waals surface area contributed by atoms with Crippen molar-refractivity contribution in [2.75, 3.05) is 5.73 Å². The monoisotopic (exact) mass is 250 g/mol. The lowest BCUT2D eigenvalue weighted by atomic mass is 10.1. The Hall–Kier alpha value is -1.29. The first-order valence-corrected chi connectivity index (χ1v) is 6.74. The number of nitrogen functional groups attached to an aromatic ring is 1. The minimum Gasteiger partial charge on any atom is -0.488 e. The van der Waals surface area contributed by atoms with Crippen LogP contribution in [0.2, 0.25) is 0 Å². The maximum Gasteiger partial charge on any atom is 0.144 e. The van der Waals surface area contributed by atoms with Gasteiger partial charge in [0.25, 0.3) is 0 Å². The molecule has 0 fully saturated rings. The van der Waals surface area contributed by atoms with Gasteiger partial charge in [0.1, 0.15) is 17.0 Å². The van der Waals surface area contributed by atoms with Crippen LogP contribution in [0.5, 0.6) is 5.75 Å². The van der Waals surface area contributed by atoms with Crippen LogP contribution in [0.15, 0.2) is 17.6 Å². The maximum absolute atomic E-state index is 6.06. The lowest BCUT2D eigenvalue weighted by Gasteiger charge is -2.17. The molecule has 2 aromatic rings. The molecule has 1 unspecified atom stereocenters. The molecule has 1 heterocycles. The van der Waals surface area contributed by atoms with Crippen LogP contribution in [0.1, 0.15) is 27.2 Å². The molecular formula is C13H18N2OS. The van der Waals surface area contributed by atoms with Crippen LogP contribution < -0.4 is 10.5 Å².